The lowest BCUT2D eigenvalue weighted by Gasteiger charge is -2.09. The van der Waals surface area contributed by atoms with Crippen LogP contribution in [0.1, 0.15) is 12.6 Å². The maximum atomic E-state index is 13.5. The number of aromatic nitrogens is 2. The zero-order valence-electron chi connectivity index (χ0n) is 10.1. The topological polar surface area (TPSA) is 53.1 Å². The van der Waals surface area contributed by atoms with Crippen molar-refractivity contribution >= 4 is 5.69 Å². The first-order chi connectivity index (χ1) is 8.52. The molecule has 0 unspecified atom stereocenters. The van der Waals surface area contributed by atoms with Crippen LogP contribution in [0.25, 0.3) is 0 Å². The summed E-state index contributed by atoms with van der Waals surface area (Å²) in [5.74, 6) is -1.22. The molecule has 2 N–H and O–H groups in total. The van der Waals surface area contributed by atoms with E-state index in [2.05, 4.69) is 5.10 Å². The molecule has 0 fully saturated rings. The van der Waals surface area contributed by atoms with E-state index < -0.39 is 11.6 Å². The average Bonchev–Trinajstić information content (AvgIpc) is 2.61. The molecular formula is C12H13F2N3O. The van der Waals surface area contributed by atoms with Gasteiger partial charge in [0.05, 0.1) is 5.69 Å². The molecule has 0 spiro atoms. The first-order valence-electron chi connectivity index (χ1n) is 5.48. The molecule has 1 heterocycles. The highest BCUT2D eigenvalue weighted by Crippen LogP contribution is 2.31. The molecule has 6 heteroatoms. The molecule has 2 rings (SSSR count). The van der Waals surface area contributed by atoms with Gasteiger partial charge in [-0.2, -0.15) is 5.10 Å². The molecule has 0 saturated heterocycles. The molecule has 0 bridgehead atoms. The predicted molar refractivity (Wildman–Crippen MR) is 63.5 cm³/mol. The third-order valence-corrected chi connectivity index (χ3v) is 2.52. The molecule has 2 aromatic rings. The zero-order chi connectivity index (χ0) is 13.3. The Hall–Kier alpha value is -2.11. The lowest BCUT2D eigenvalue weighted by molar-refractivity contribution is 0.391. The predicted octanol–water partition coefficient (Wildman–Crippen LogP) is 2.86. The molecule has 0 saturated carbocycles. The summed E-state index contributed by atoms with van der Waals surface area (Å²) in [5.41, 5.74) is 6.70. The monoisotopic (exact) mass is 253 g/mol. The van der Waals surface area contributed by atoms with Crippen molar-refractivity contribution < 1.29 is 13.5 Å². The Morgan fingerprint density at radius 3 is 2.78 bits per heavy atom. The Bertz CT molecular complexity index is 581. The Morgan fingerprint density at radius 2 is 2.11 bits per heavy atom. The third-order valence-electron chi connectivity index (χ3n) is 2.52. The van der Waals surface area contributed by atoms with Crippen LogP contribution in [0.5, 0.6) is 11.6 Å². The molecular weight excluding hydrogens is 240 g/mol. The molecule has 96 valence electrons. The van der Waals surface area contributed by atoms with E-state index in [1.54, 1.807) is 6.92 Å². The summed E-state index contributed by atoms with van der Waals surface area (Å²) in [7, 11) is 0. The number of anilines is 1. The molecule has 0 aliphatic rings. The second kappa shape index (κ2) is 4.64. The van der Waals surface area contributed by atoms with E-state index in [9.17, 15) is 8.78 Å². The molecule has 0 amide bonds. The van der Waals surface area contributed by atoms with Gasteiger partial charge in [0.25, 0.3) is 0 Å². The smallest absolute Gasteiger partial charge is 0.241 e. The van der Waals surface area contributed by atoms with Gasteiger partial charge in [0, 0.05) is 12.6 Å². The molecule has 0 atom stereocenters. The second-order valence-corrected chi connectivity index (χ2v) is 3.80. The molecule has 18 heavy (non-hydrogen) atoms. The van der Waals surface area contributed by atoms with Gasteiger partial charge in [-0.1, -0.05) is 0 Å². The highest BCUT2D eigenvalue weighted by molar-refractivity contribution is 5.54. The fourth-order valence-corrected chi connectivity index (χ4v) is 1.56. The molecule has 0 aliphatic heterocycles. The standard InChI is InChI=1S/C12H13F2N3O/c1-3-17-12(11(15)7(2)16-17)18-10-6-8(13)4-5-9(10)14/h4-6H,3,15H2,1-2H3. The van der Waals surface area contributed by atoms with Crippen LogP contribution in [0.4, 0.5) is 14.5 Å². The fourth-order valence-electron chi connectivity index (χ4n) is 1.56. The molecule has 1 aromatic heterocycles. The summed E-state index contributed by atoms with van der Waals surface area (Å²) in [6.07, 6.45) is 0. The number of aryl methyl sites for hydroxylation is 2. The second-order valence-electron chi connectivity index (χ2n) is 3.80. The van der Waals surface area contributed by atoms with Crippen LogP contribution in [0.2, 0.25) is 0 Å². The minimum atomic E-state index is -0.655. The van der Waals surface area contributed by atoms with Crippen molar-refractivity contribution in [3.8, 4) is 11.6 Å². The van der Waals surface area contributed by atoms with Crippen molar-refractivity contribution in [3.05, 3.63) is 35.5 Å². The van der Waals surface area contributed by atoms with E-state index >= 15 is 0 Å². The van der Waals surface area contributed by atoms with Crippen molar-refractivity contribution in [2.75, 3.05) is 5.73 Å². The maximum absolute atomic E-state index is 13.5. The number of rotatable bonds is 3. The molecule has 4 nitrogen and oxygen atoms in total. The molecule has 0 aliphatic carbocycles. The molecule has 0 radical (unpaired) electrons. The van der Waals surface area contributed by atoms with E-state index in [0.29, 0.717) is 17.9 Å². The largest absolute Gasteiger partial charge is 0.434 e. The van der Waals surface area contributed by atoms with Gasteiger partial charge in [-0.15, -0.1) is 0 Å². The van der Waals surface area contributed by atoms with E-state index in [1.165, 1.54) is 4.68 Å². The number of halogens is 2. The fraction of sp³-hybridized carbons (Fsp3) is 0.250. The summed E-state index contributed by atoms with van der Waals surface area (Å²) in [4.78, 5) is 0. The van der Waals surface area contributed by atoms with Crippen molar-refractivity contribution in [1.82, 2.24) is 9.78 Å². The first kappa shape index (κ1) is 12.3. The van der Waals surface area contributed by atoms with E-state index in [4.69, 9.17) is 10.5 Å². The number of benzene rings is 1. The number of hydrogen-bond acceptors (Lipinski definition) is 3. The quantitative estimate of drug-likeness (QED) is 0.915. The number of nitrogen functional groups attached to an aromatic ring is 1. The van der Waals surface area contributed by atoms with Gasteiger partial charge < -0.3 is 10.5 Å². The van der Waals surface area contributed by atoms with Crippen molar-refractivity contribution in [1.29, 1.82) is 0 Å². The van der Waals surface area contributed by atoms with Gasteiger partial charge in [-0.25, -0.2) is 13.5 Å². The van der Waals surface area contributed by atoms with Crippen LogP contribution in [-0.4, -0.2) is 9.78 Å². The summed E-state index contributed by atoms with van der Waals surface area (Å²) < 4.78 is 33.3. The van der Waals surface area contributed by atoms with Crippen molar-refractivity contribution in [2.24, 2.45) is 0 Å². The average molecular weight is 253 g/mol. The van der Waals surface area contributed by atoms with Gasteiger partial charge in [0.15, 0.2) is 11.6 Å². The van der Waals surface area contributed by atoms with Gasteiger partial charge in [-0.3, -0.25) is 0 Å². The van der Waals surface area contributed by atoms with Gasteiger partial charge >= 0.3 is 0 Å². The van der Waals surface area contributed by atoms with Crippen molar-refractivity contribution in [2.45, 2.75) is 20.4 Å². The Kier molecular flexibility index (Phi) is 3.18. The Labute approximate surface area is 103 Å². The minimum Gasteiger partial charge on any atom is -0.434 e. The SMILES string of the molecule is CCn1nc(C)c(N)c1Oc1cc(F)ccc1F. The van der Waals surface area contributed by atoms with Gasteiger partial charge in [0.2, 0.25) is 5.88 Å². The van der Waals surface area contributed by atoms with Crippen LogP contribution < -0.4 is 10.5 Å². The van der Waals surface area contributed by atoms with Crippen LogP contribution in [0.15, 0.2) is 18.2 Å². The van der Waals surface area contributed by atoms with Gasteiger partial charge in [0.1, 0.15) is 11.5 Å². The van der Waals surface area contributed by atoms with Crippen molar-refractivity contribution in [3.63, 3.8) is 0 Å². The Balaban J connectivity index is 2.42. The molecule has 1 aromatic carbocycles. The number of ether oxygens (including phenoxy) is 1. The normalized spacial score (nSPS) is 10.7. The summed E-state index contributed by atoms with van der Waals surface area (Å²) in [5, 5.41) is 4.13. The van der Waals surface area contributed by atoms with Crippen LogP contribution in [0, 0.1) is 18.6 Å². The van der Waals surface area contributed by atoms with E-state index in [1.807, 2.05) is 6.92 Å². The highest BCUT2D eigenvalue weighted by atomic mass is 19.1. The third kappa shape index (κ3) is 2.13. The summed E-state index contributed by atoms with van der Waals surface area (Å²) in [6, 6.07) is 2.99. The van der Waals surface area contributed by atoms with Crippen LogP contribution in [0.3, 0.4) is 0 Å². The van der Waals surface area contributed by atoms with Crippen LogP contribution in [-0.2, 0) is 6.54 Å². The summed E-state index contributed by atoms with van der Waals surface area (Å²) >= 11 is 0. The lowest BCUT2D eigenvalue weighted by Crippen LogP contribution is -2.02. The number of nitrogens with two attached hydrogens (primary N) is 1. The minimum absolute atomic E-state index is 0.212. The highest BCUT2D eigenvalue weighted by Gasteiger charge is 2.16. The van der Waals surface area contributed by atoms with E-state index in [-0.39, 0.29) is 11.6 Å². The van der Waals surface area contributed by atoms with E-state index in [0.717, 1.165) is 18.2 Å². The van der Waals surface area contributed by atoms with Crippen LogP contribution >= 0.6 is 0 Å². The van der Waals surface area contributed by atoms with Gasteiger partial charge in [-0.05, 0) is 26.0 Å². The number of hydrogen-bond donors (Lipinski definition) is 1. The lowest BCUT2D eigenvalue weighted by atomic mass is 10.3. The zero-order valence-corrected chi connectivity index (χ0v) is 10.1. The summed E-state index contributed by atoms with van der Waals surface area (Å²) in [6.45, 7) is 4.08. The maximum Gasteiger partial charge on any atom is 0.241 e. The Morgan fingerprint density at radius 1 is 1.39 bits per heavy atom. The first-order valence-corrected chi connectivity index (χ1v) is 5.48. The number of nitrogens with zero attached hydrogens (tertiary/aromatic N) is 2.